The second-order valence-electron chi connectivity index (χ2n) is 7.96. The van der Waals surface area contributed by atoms with Crippen molar-refractivity contribution in [3.63, 3.8) is 0 Å². The van der Waals surface area contributed by atoms with Crippen LogP contribution in [0.2, 0.25) is 0 Å². The molecule has 3 aromatic rings. The Morgan fingerprint density at radius 3 is 2.58 bits per heavy atom. The molecular formula is C22H23F3N6O2. The predicted molar refractivity (Wildman–Crippen MR) is 117 cm³/mol. The van der Waals surface area contributed by atoms with Crippen LogP contribution in [-0.4, -0.2) is 57.5 Å². The summed E-state index contributed by atoms with van der Waals surface area (Å²) in [6, 6.07) is 5.52. The number of pyridine rings is 1. The van der Waals surface area contributed by atoms with Gasteiger partial charge in [-0.05, 0) is 37.1 Å². The smallest absolute Gasteiger partial charge is 0.416 e. The highest BCUT2D eigenvalue weighted by atomic mass is 19.4. The molecule has 1 aliphatic rings. The Morgan fingerprint density at radius 2 is 1.91 bits per heavy atom. The summed E-state index contributed by atoms with van der Waals surface area (Å²) in [5.74, 6) is 1.11. The molecule has 174 valence electrons. The Hall–Kier alpha value is -3.63. The number of aromatic nitrogens is 3. The number of carboxylic acid groups (broad SMARTS) is 1. The maximum Gasteiger partial charge on any atom is 0.416 e. The van der Waals surface area contributed by atoms with Gasteiger partial charge in [0.1, 0.15) is 5.82 Å². The van der Waals surface area contributed by atoms with E-state index in [0.717, 1.165) is 16.8 Å². The first-order valence-electron chi connectivity index (χ1n) is 10.4. The van der Waals surface area contributed by atoms with Gasteiger partial charge in [-0.15, -0.1) is 5.10 Å². The minimum Gasteiger partial charge on any atom is -0.465 e. The molecule has 0 spiro atoms. The summed E-state index contributed by atoms with van der Waals surface area (Å²) in [6.45, 7) is 5.00. The van der Waals surface area contributed by atoms with Gasteiger partial charge in [0.25, 0.3) is 0 Å². The lowest BCUT2D eigenvalue weighted by atomic mass is 9.97. The number of carbonyl (C=O) groups is 1. The van der Waals surface area contributed by atoms with Crippen LogP contribution in [0.4, 0.5) is 29.6 Å². The lowest BCUT2D eigenvalue weighted by Crippen LogP contribution is -2.48. The van der Waals surface area contributed by atoms with Crippen LogP contribution in [0.5, 0.6) is 0 Å². The van der Waals surface area contributed by atoms with Gasteiger partial charge in [-0.25, -0.2) is 9.78 Å². The molecule has 0 unspecified atom stereocenters. The number of halogens is 3. The Balaban J connectivity index is 1.61. The summed E-state index contributed by atoms with van der Waals surface area (Å²) in [7, 11) is 0. The molecule has 1 fully saturated rings. The summed E-state index contributed by atoms with van der Waals surface area (Å²) in [5.41, 5.74) is 0.0178. The van der Waals surface area contributed by atoms with Crippen molar-refractivity contribution in [1.29, 1.82) is 0 Å². The van der Waals surface area contributed by atoms with Crippen LogP contribution in [0.3, 0.4) is 0 Å². The molecule has 1 aromatic carbocycles. The van der Waals surface area contributed by atoms with Crippen LogP contribution < -0.4 is 10.2 Å². The quantitative estimate of drug-likeness (QED) is 0.599. The second-order valence-corrected chi connectivity index (χ2v) is 7.96. The highest BCUT2D eigenvalue weighted by Crippen LogP contribution is 2.35. The van der Waals surface area contributed by atoms with Gasteiger partial charge in [0, 0.05) is 43.1 Å². The van der Waals surface area contributed by atoms with E-state index in [1.54, 1.807) is 25.4 Å². The number of nitrogens with zero attached hydrogens (tertiary/aromatic N) is 5. The summed E-state index contributed by atoms with van der Waals surface area (Å²) in [5, 5.41) is 22.0. The first kappa shape index (κ1) is 22.6. The first-order valence-corrected chi connectivity index (χ1v) is 10.4. The Bertz CT molecular complexity index is 1180. The van der Waals surface area contributed by atoms with Crippen LogP contribution in [0.15, 0.2) is 36.7 Å². The topological polar surface area (TPSA) is 94.5 Å². The van der Waals surface area contributed by atoms with E-state index in [-0.39, 0.29) is 5.56 Å². The fourth-order valence-corrected chi connectivity index (χ4v) is 4.08. The van der Waals surface area contributed by atoms with Crippen LogP contribution in [-0.2, 0) is 6.18 Å². The first-order chi connectivity index (χ1) is 15.6. The van der Waals surface area contributed by atoms with E-state index in [0.29, 0.717) is 43.4 Å². The molecule has 0 bridgehead atoms. The van der Waals surface area contributed by atoms with Gasteiger partial charge >= 0.3 is 12.3 Å². The largest absolute Gasteiger partial charge is 0.465 e. The lowest BCUT2D eigenvalue weighted by molar-refractivity contribution is -0.138. The van der Waals surface area contributed by atoms with Crippen LogP contribution in [0.25, 0.3) is 10.8 Å². The number of fused-ring (bicyclic) bond motifs is 1. The van der Waals surface area contributed by atoms with Crippen LogP contribution >= 0.6 is 0 Å². The third kappa shape index (κ3) is 4.62. The molecule has 0 aliphatic carbocycles. The van der Waals surface area contributed by atoms with Crippen molar-refractivity contribution in [2.45, 2.75) is 26.1 Å². The summed E-state index contributed by atoms with van der Waals surface area (Å²) in [4.78, 5) is 19.0. The number of piperazine rings is 1. The summed E-state index contributed by atoms with van der Waals surface area (Å²) < 4.78 is 40.0. The van der Waals surface area contributed by atoms with E-state index in [1.165, 1.54) is 17.9 Å². The number of nitrogens with one attached hydrogen (secondary N) is 1. The van der Waals surface area contributed by atoms with E-state index in [1.807, 2.05) is 11.0 Å². The number of amides is 1. The number of hydrogen-bond acceptors (Lipinski definition) is 6. The molecule has 1 atom stereocenters. The maximum absolute atomic E-state index is 13.3. The molecule has 1 saturated heterocycles. The van der Waals surface area contributed by atoms with E-state index >= 15 is 0 Å². The molecule has 1 amide bonds. The molecule has 8 nitrogen and oxygen atoms in total. The second kappa shape index (κ2) is 8.72. The molecule has 0 saturated carbocycles. The molecule has 4 rings (SSSR count). The van der Waals surface area contributed by atoms with Gasteiger partial charge in [-0.1, -0.05) is 12.1 Å². The molecule has 11 heteroatoms. The van der Waals surface area contributed by atoms with E-state index in [9.17, 15) is 18.0 Å². The van der Waals surface area contributed by atoms with Crippen molar-refractivity contribution in [2.24, 2.45) is 0 Å². The highest BCUT2D eigenvalue weighted by molar-refractivity contribution is 5.92. The number of alkyl halides is 3. The molecule has 2 N–H and O–H groups in total. The van der Waals surface area contributed by atoms with E-state index < -0.39 is 23.9 Å². The predicted octanol–water partition coefficient (Wildman–Crippen LogP) is 4.33. The van der Waals surface area contributed by atoms with E-state index in [2.05, 4.69) is 20.5 Å². The average molecular weight is 460 g/mol. The number of anilines is 2. The maximum atomic E-state index is 13.3. The van der Waals surface area contributed by atoms with Gasteiger partial charge < -0.3 is 20.2 Å². The van der Waals surface area contributed by atoms with Crippen molar-refractivity contribution in [2.75, 3.05) is 36.4 Å². The van der Waals surface area contributed by atoms with Crippen LogP contribution in [0, 0.1) is 6.92 Å². The summed E-state index contributed by atoms with van der Waals surface area (Å²) in [6.07, 6.45) is -2.14. The van der Waals surface area contributed by atoms with Crippen molar-refractivity contribution in [1.82, 2.24) is 20.1 Å². The van der Waals surface area contributed by atoms with Gasteiger partial charge in [0.05, 0.1) is 17.8 Å². The van der Waals surface area contributed by atoms with Crippen molar-refractivity contribution in [3.05, 3.63) is 53.3 Å². The molecule has 1 aliphatic heterocycles. The van der Waals surface area contributed by atoms with Gasteiger partial charge in [-0.3, -0.25) is 0 Å². The van der Waals surface area contributed by atoms with Crippen molar-refractivity contribution >= 4 is 28.5 Å². The zero-order valence-electron chi connectivity index (χ0n) is 18.1. The Labute approximate surface area is 188 Å². The Kier molecular flexibility index (Phi) is 5.96. The van der Waals surface area contributed by atoms with Crippen LogP contribution in [0.1, 0.15) is 29.7 Å². The minimum absolute atomic E-state index is 0.164. The number of rotatable bonds is 4. The minimum atomic E-state index is -4.43. The molecule has 2 aromatic heterocycles. The molecule has 33 heavy (non-hydrogen) atoms. The molecular weight excluding hydrogens is 437 g/mol. The number of hydrogen-bond donors (Lipinski definition) is 2. The summed E-state index contributed by atoms with van der Waals surface area (Å²) >= 11 is 0. The fourth-order valence-electron chi connectivity index (χ4n) is 4.08. The van der Waals surface area contributed by atoms with Gasteiger partial charge in [-0.2, -0.15) is 18.3 Å². The van der Waals surface area contributed by atoms with Gasteiger partial charge in [0.15, 0.2) is 5.82 Å². The molecule has 3 heterocycles. The third-order valence-corrected chi connectivity index (χ3v) is 5.91. The standard InChI is InChI=1S/C22H23F3N6O2/c1-13-16(4-3-5-18(13)22(23,24)25)14(2)28-20-17-10-19(26-11-15(17)12-27-29-20)30-6-8-31(9-7-30)21(32)33/h3-5,10-12,14H,6-9H2,1-2H3,(H,28,29)(H,32,33)/t14-/m0/s1. The normalized spacial score (nSPS) is 15.5. The van der Waals surface area contributed by atoms with Crippen molar-refractivity contribution in [3.8, 4) is 0 Å². The highest BCUT2D eigenvalue weighted by Gasteiger charge is 2.33. The van der Waals surface area contributed by atoms with E-state index in [4.69, 9.17) is 5.11 Å². The van der Waals surface area contributed by atoms with Gasteiger partial charge in [0.2, 0.25) is 0 Å². The van der Waals surface area contributed by atoms with Crippen molar-refractivity contribution < 1.29 is 23.1 Å². The Morgan fingerprint density at radius 1 is 1.18 bits per heavy atom. The number of benzene rings is 1. The fraction of sp³-hybridized carbons (Fsp3) is 0.364. The third-order valence-electron chi connectivity index (χ3n) is 5.91. The average Bonchev–Trinajstić information content (AvgIpc) is 2.78. The zero-order chi connectivity index (χ0) is 23.8. The lowest BCUT2D eigenvalue weighted by Gasteiger charge is -2.33. The molecule has 0 radical (unpaired) electrons. The SMILES string of the molecule is Cc1c([C@H](C)Nc2nncc3cnc(N4CCN(C(=O)O)CC4)cc23)cccc1C(F)(F)F. The monoisotopic (exact) mass is 460 g/mol. The zero-order valence-corrected chi connectivity index (χ0v) is 18.1.